The number of carbonyl (C=O) groups excluding carboxylic acids is 1. The van der Waals surface area contributed by atoms with Crippen LogP contribution in [-0.2, 0) is 0 Å². The van der Waals surface area contributed by atoms with Crippen molar-refractivity contribution in [3.63, 3.8) is 0 Å². The molecule has 2 nitrogen and oxygen atoms in total. The molecule has 1 aromatic carbocycles. The summed E-state index contributed by atoms with van der Waals surface area (Å²) in [5.74, 6) is 2.61. The highest BCUT2D eigenvalue weighted by Gasteiger charge is 2.09. The van der Waals surface area contributed by atoms with Gasteiger partial charge in [0, 0.05) is 28.2 Å². The molecule has 0 spiro atoms. The fourth-order valence-electron chi connectivity index (χ4n) is 2.04. The van der Waals surface area contributed by atoms with Crippen molar-refractivity contribution >= 4 is 6.29 Å². The molecule has 0 aliphatic carbocycles. The molecule has 0 amide bonds. The van der Waals surface area contributed by atoms with Crippen LogP contribution >= 0.6 is 0 Å². The van der Waals surface area contributed by atoms with Crippen LogP contribution in [0, 0.1) is 26.2 Å². The summed E-state index contributed by atoms with van der Waals surface area (Å²) in [5.41, 5.74) is 4.50. The molecule has 2 aromatic rings. The number of aromatic nitrogens is 1. The molecule has 0 fully saturated rings. The fraction of sp³-hybridized carbons (Fsp3) is 0.133. The van der Waals surface area contributed by atoms with Gasteiger partial charge in [0.2, 0.25) is 0 Å². The van der Waals surface area contributed by atoms with Crippen molar-refractivity contribution in [2.75, 3.05) is 0 Å². The highest BCUT2D eigenvalue weighted by Crippen LogP contribution is 2.20. The number of aldehydes is 1. The van der Waals surface area contributed by atoms with Crippen LogP contribution in [0.1, 0.15) is 27.3 Å². The predicted octanol–water partition coefficient (Wildman–Crippen LogP) is 2.89. The monoisotopic (exact) mass is 223 g/mol. The quantitative estimate of drug-likeness (QED) is 0.566. The molecular weight excluding hydrogens is 210 g/mol. The molecule has 0 saturated heterocycles. The molecule has 1 heterocycles. The Morgan fingerprint density at radius 1 is 1.29 bits per heavy atom. The molecule has 0 aliphatic heterocycles. The summed E-state index contributed by atoms with van der Waals surface area (Å²) in [6.07, 6.45) is 6.27. The van der Waals surface area contributed by atoms with E-state index in [0.29, 0.717) is 5.56 Å². The topological polar surface area (TPSA) is 22.0 Å². The number of benzene rings is 1. The molecule has 0 unspecified atom stereocenters. The Bertz CT molecular complexity index is 614. The lowest BCUT2D eigenvalue weighted by Gasteiger charge is -2.09. The molecule has 0 atom stereocenters. The molecule has 2 heteroatoms. The lowest BCUT2D eigenvalue weighted by molar-refractivity contribution is 0.112. The van der Waals surface area contributed by atoms with Gasteiger partial charge in [-0.2, -0.15) is 0 Å². The van der Waals surface area contributed by atoms with E-state index in [0.717, 1.165) is 28.9 Å². The molecule has 0 radical (unpaired) electrons. The molecule has 84 valence electrons. The first kappa shape index (κ1) is 11.2. The first-order valence-corrected chi connectivity index (χ1v) is 5.38. The van der Waals surface area contributed by atoms with Crippen LogP contribution in [0.2, 0.25) is 0 Å². The van der Waals surface area contributed by atoms with Gasteiger partial charge in [-0.1, -0.05) is 12.0 Å². The SMILES string of the molecule is C#Cc1cccc(-n2c(C)cc(C=O)c2C)c1. The third-order valence-corrected chi connectivity index (χ3v) is 2.87. The zero-order chi connectivity index (χ0) is 12.4. The zero-order valence-electron chi connectivity index (χ0n) is 9.90. The third kappa shape index (κ3) is 1.88. The third-order valence-electron chi connectivity index (χ3n) is 2.87. The number of aryl methyl sites for hydroxylation is 1. The van der Waals surface area contributed by atoms with Gasteiger partial charge in [-0.3, -0.25) is 4.79 Å². The molecule has 0 N–H and O–H groups in total. The van der Waals surface area contributed by atoms with Gasteiger partial charge in [0.15, 0.2) is 6.29 Å². The van der Waals surface area contributed by atoms with Crippen LogP contribution in [0.15, 0.2) is 30.3 Å². The van der Waals surface area contributed by atoms with Crippen LogP contribution in [0.25, 0.3) is 5.69 Å². The summed E-state index contributed by atoms with van der Waals surface area (Å²) in [7, 11) is 0. The second-order valence-electron chi connectivity index (χ2n) is 3.97. The smallest absolute Gasteiger partial charge is 0.151 e. The summed E-state index contributed by atoms with van der Waals surface area (Å²) in [6.45, 7) is 3.90. The maximum atomic E-state index is 10.9. The maximum Gasteiger partial charge on any atom is 0.151 e. The zero-order valence-corrected chi connectivity index (χ0v) is 9.90. The normalized spacial score (nSPS) is 9.94. The molecule has 17 heavy (non-hydrogen) atoms. The number of carbonyl (C=O) groups is 1. The molecule has 1 aromatic heterocycles. The highest BCUT2D eigenvalue weighted by molar-refractivity contribution is 5.77. The van der Waals surface area contributed by atoms with Crippen LogP contribution < -0.4 is 0 Å². The number of hydrogen-bond acceptors (Lipinski definition) is 1. The Balaban J connectivity index is 2.64. The van der Waals surface area contributed by atoms with Crippen molar-refractivity contribution in [2.24, 2.45) is 0 Å². The Hall–Kier alpha value is -2.27. The Morgan fingerprint density at radius 3 is 2.65 bits per heavy atom. The molecular formula is C15H13NO. The van der Waals surface area contributed by atoms with E-state index in [1.165, 1.54) is 0 Å². The van der Waals surface area contributed by atoms with Crippen molar-refractivity contribution < 1.29 is 4.79 Å². The van der Waals surface area contributed by atoms with E-state index in [1.54, 1.807) is 0 Å². The second kappa shape index (κ2) is 4.31. The van der Waals surface area contributed by atoms with Crippen LogP contribution in [0.4, 0.5) is 0 Å². The minimum absolute atomic E-state index is 0.716. The van der Waals surface area contributed by atoms with Gasteiger partial charge in [-0.25, -0.2) is 0 Å². The van der Waals surface area contributed by atoms with E-state index < -0.39 is 0 Å². The van der Waals surface area contributed by atoms with E-state index in [9.17, 15) is 4.79 Å². The minimum Gasteiger partial charge on any atom is -0.318 e. The highest BCUT2D eigenvalue weighted by atomic mass is 16.1. The minimum atomic E-state index is 0.716. The summed E-state index contributed by atoms with van der Waals surface area (Å²) in [4.78, 5) is 10.9. The van der Waals surface area contributed by atoms with Gasteiger partial charge >= 0.3 is 0 Å². The van der Waals surface area contributed by atoms with Gasteiger partial charge in [0.25, 0.3) is 0 Å². The first-order chi connectivity index (χ1) is 8.17. The average molecular weight is 223 g/mol. The van der Waals surface area contributed by atoms with E-state index in [-0.39, 0.29) is 0 Å². The van der Waals surface area contributed by atoms with Crippen molar-refractivity contribution in [1.82, 2.24) is 4.57 Å². The number of hydrogen-bond donors (Lipinski definition) is 0. The average Bonchev–Trinajstić information content (AvgIpc) is 2.64. The maximum absolute atomic E-state index is 10.9. The van der Waals surface area contributed by atoms with Crippen molar-refractivity contribution in [1.29, 1.82) is 0 Å². The largest absolute Gasteiger partial charge is 0.318 e. The standard InChI is InChI=1S/C15H13NO/c1-4-13-6-5-7-15(9-13)16-11(2)8-14(10-17)12(16)3/h1,5-10H,2-3H3. The second-order valence-corrected chi connectivity index (χ2v) is 3.97. The summed E-state index contributed by atoms with van der Waals surface area (Å²) >= 11 is 0. The Morgan fingerprint density at radius 2 is 2.06 bits per heavy atom. The van der Waals surface area contributed by atoms with Crippen LogP contribution in [0.5, 0.6) is 0 Å². The molecule has 0 aliphatic rings. The van der Waals surface area contributed by atoms with Gasteiger partial charge in [-0.05, 0) is 38.1 Å². The Kier molecular flexibility index (Phi) is 2.84. The van der Waals surface area contributed by atoms with Gasteiger partial charge < -0.3 is 4.57 Å². The lowest BCUT2D eigenvalue weighted by Crippen LogP contribution is -1.99. The molecule has 0 saturated carbocycles. The first-order valence-electron chi connectivity index (χ1n) is 5.38. The number of rotatable bonds is 2. The van der Waals surface area contributed by atoms with Crippen molar-refractivity contribution in [2.45, 2.75) is 13.8 Å². The predicted molar refractivity (Wildman–Crippen MR) is 68.6 cm³/mol. The van der Waals surface area contributed by atoms with E-state index >= 15 is 0 Å². The van der Waals surface area contributed by atoms with E-state index in [2.05, 4.69) is 5.92 Å². The molecule has 0 bridgehead atoms. The van der Waals surface area contributed by atoms with Gasteiger partial charge in [0.05, 0.1) is 0 Å². The van der Waals surface area contributed by atoms with Gasteiger partial charge in [-0.15, -0.1) is 6.42 Å². The summed E-state index contributed by atoms with van der Waals surface area (Å²) in [5, 5.41) is 0. The van der Waals surface area contributed by atoms with Crippen LogP contribution in [0.3, 0.4) is 0 Å². The summed E-state index contributed by atoms with van der Waals surface area (Å²) < 4.78 is 2.03. The van der Waals surface area contributed by atoms with Crippen molar-refractivity contribution in [3.05, 3.63) is 52.8 Å². The number of nitrogens with zero attached hydrogens (tertiary/aromatic N) is 1. The van der Waals surface area contributed by atoms with Crippen LogP contribution in [-0.4, -0.2) is 10.9 Å². The van der Waals surface area contributed by atoms with E-state index in [4.69, 9.17) is 6.42 Å². The van der Waals surface area contributed by atoms with Gasteiger partial charge in [0.1, 0.15) is 0 Å². The Labute approximate surface area is 101 Å². The van der Waals surface area contributed by atoms with Crippen molar-refractivity contribution in [3.8, 4) is 18.0 Å². The summed E-state index contributed by atoms with van der Waals surface area (Å²) in [6, 6.07) is 9.61. The molecule has 2 rings (SSSR count). The fourth-order valence-corrected chi connectivity index (χ4v) is 2.04. The van der Waals surface area contributed by atoms with E-state index in [1.807, 2.05) is 48.7 Å². The number of terminal acetylenes is 1. The lowest BCUT2D eigenvalue weighted by atomic mass is 10.2.